The molecule has 1 amide bonds. The molecule has 162 valence electrons. The Morgan fingerprint density at radius 1 is 1.19 bits per heavy atom. The molecular weight excluding hydrogens is 433 g/mol. The third-order valence-corrected chi connectivity index (χ3v) is 5.24. The van der Waals surface area contributed by atoms with Crippen LogP contribution in [0.2, 0.25) is 0 Å². The van der Waals surface area contributed by atoms with Crippen LogP contribution in [0, 0.1) is 0 Å². The number of carbonyl (C=O) groups is 1. The van der Waals surface area contributed by atoms with Crippen molar-refractivity contribution in [3.63, 3.8) is 0 Å². The molecule has 7 nitrogen and oxygen atoms in total. The van der Waals surface area contributed by atoms with Crippen molar-refractivity contribution in [2.75, 3.05) is 5.75 Å². The summed E-state index contributed by atoms with van der Waals surface area (Å²) in [6.45, 7) is 1.10. The topological polar surface area (TPSA) is 94.0 Å². The maximum Gasteiger partial charge on any atom is 0.434 e. The van der Waals surface area contributed by atoms with Crippen molar-refractivity contribution in [1.29, 1.82) is 0 Å². The molecule has 2 aromatic heterocycles. The molecule has 3 aromatic rings. The predicted octanol–water partition coefficient (Wildman–Crippen LogP) is 3.43. The lowest BCUT2D eigenvalue weighted by atomic mass is 10.2. The van der Waals surface area contributed by atoms with Gasteiger partial charge in [-0.15, -0.1) is 0 Å². The van der Waals surface area contributed by atoms with Gasteiger partial charge in [0.2, 0.25) is 15.9 Å². The highest BCUT2D eigenvalue weighted by atomic mass is 32.2. The number of alkyl halides is 3. The van der Waals surface area contributed by atoms with Crippen LogP contribution in [0.3, 0.4) is 0 Å². The molecule has 1 aromatic carbocycles. The van der Waals surface area contributed by atoms with Crippen LogP contribution in [0.15, 0.2) is 61.1 Å². The zero-order chi connectivity index (χ0) is 22.6. The van der Waals surface area contributed by atoms with Gasteiger partial charge in [-0.25, -0.2) is 13.4 Å². The first kappa shape index (κ1) is 22.2. The van der Waals surface area contributed by atoms with E-state index in [2.05, 4.69) is 9.97 Å². The van der Waals surface area contributed by atoms with Crippen molar-refractivity contribution >= 4 is 22.0 Å². The van der Waals surface area contributed by atoms with Crippen LogP contribution in [0.1, 0.15) is 18.2 Å². The van der Waals surface area contributed by atoms with Crippen molar-refractivity contribution in [3.8, 4) is 17.1 Å². The van der Waals surface area contributed by atoms with Gasteiger partial charge in [-0.05, 0) is 29.8 Å². The number of imidazole rings is 1. The maximum atomic E-state index is 13.2. The van der Waals surface area contributed by atoms with E-state index in [0.29, 0.717) is 16.8 Å². The molecule has 0 spiro atoms. The highest BCUT2D eigenvalue weighted by Crippen LogP contribution is 2.32. The summed E-state index contributed by atoms with van der Waals surface area (Å²) in [6, 6.07) is 9.63. The first-order valence-electron chi connectivity index (χ1n) is 8.90. The van der Waals surface area contributed by atoms with Crippen LogP contribution in [0.25, 0.3) is 23.2 Å². The first-order chi connectivity index (χ1) is 14.5. The summed E-state index contributed by atoms with van der Waals surface area (Å²) in [5.74, 6) is -0.985. The number of aromatic nitrogens is 3. The molecule has 0 aliphatic heterocycles. The summed E-state index contributed by atoms with van der Waals surface area (Å²) in [4.78, 5) is 18.5. The number of pyridine rings is 1. The van der Waals surface area contributed by atoms with Gasteiger partial charge in [-0.1, -0.05) is 24.3 Å². The minimum Gasteiger partial charge on any atom is -0.299 e. The molecule has 0 aliphatic rings. The highest BCUT2D eigenvalue weighted by molar-refractivity contribution is 7.90. The van der Waals surface area contributed by atoms with E-state index in [1.54, 1.807) is 36.4 Å². The second-order valence-corrected chi connectivity index (χ2v) is 8.26. The Morgan fingerprint density at radius 2 is 1.90 bits per heavy atom. The molecule has 0 fully saturated rings. The molecule has 0 bridgehead atoms. The van der Waals surface area contributed by atoms with Crippen LogP contribution < -0.4 is 4.72 Å². The van der Waals surface area contributed by atoms with E-state index in [-0.39, 0.29) is 5.82 Å². The number of amides is 1. The lowest BCUT2D eigenvalue weighted by Gasteiger charge is -2.08. The first-order valence-corrected chi connectivity index (χ1v) is 10.6. The Morgan fingerprint density at radius 3 is 2.48 bits per heavy atom. The van der Waals surface area contributed by atoms with Crippen LogP contribution in [0.5, 0.6) is 0 Å². The number of nitrogens with one attached hydrogen (secondary N) is 1. The van der Waals surface area contributed by atoms with E-state index in [0.717, 1.165) is 13.1 Å². The van der Waals surface area contributed by atoms with E-state index in [9.17, 15) is 26.4 Å². The molecule has 31 heavy (non-hydrogen) atoms. The van der Waals surface area contributed by atoms with Gasteiger partial charge >= 0.3 is 6.18 Å². The fourth-order valence-electron chi connectivity index (χ4n) is 2.73. The third kappa shape index (κ3) is 5.79. The zero-order valence-electron chi connectivity index (χ0n) is 16.2. The number of halogens is 3. The summed E-state index contributed by atoms with van der Waals surface area (Å²) < 4.78 is 66.1. The quantitative estimate of drug-likeness (QED) is 0.621. The van der Waals surface area contributed by atoms with Crippen LogP contribution in [-0.4, -0.2) is 34.6 Å². The number of rotatable bonds is 6. The second kappa shape index (κ2) is 8.72. The van der Waals surface area contributed by atoms with Crippen molar-refractivity contribution in [1.82, 2.24) is 19.3 Å². The van der Waals surface area contributed by atoms with Gasteiger partial charge in [0.05, 0.1) is 5.75 Å². The zero-order valence-corrected chi connectivity index (χ0v) is 17.0. The van der Waals surface area contributed by atoms with E-state index in [4.69, 9.17) is 0 Å². The summed E-state index contributed by atoms with van der Waals surface area (Å²) in [5, 5.41) is 0. The average molecular weight is 450 g/mol. The predicted molar refractivity (Wildman–Crippen MR) is 108 cm³/mol. The molecule has 3 rings (SSSR count). The largest absolute Gasteiger partial charge is 0.434 e. The molecule has 11 heteroatoms. The fraction of sp³-hybridized carbons (Fsp3) is 0.150. The summed E-state index contributed by atoms with van der Waals surface area (Å²) in [5.41, 5.74) is 0.453. The van der Waals surface area contributed by atoms with E-state index in [1.807, 2.05) is 4.72 Å². The lowest BCUT2D eigenvalue weighted by Crippen LogP contribution is -2.29. The van der Waals surface area contributed by atoms with Gasteiger partial charge in [-0.2, -0.15) is 13.2 Å². The molecule has 0 unspecified atom stereocenters. The Balaban J connectivity index is 1.88. The summed E-state index contributed by atoms with van der Waals surface area (Å²) in [7, 11) is -3.76. The van der Waals surface area contributed by atoms with Gasteiger partial charge in [0.1, 0.15) is 5.82 Å². The second-order valence-electron chi connectivity index (χ2n) is 6.49. The Hall–Kier alpha value is -3.47. The SMILES string of the molecule is CC(=O)NS(=O)(=O)CC=Cc1ccc(-n2cc(C(F)(F)F)nc2-c2cccnc2)cc1. The lowest BCUT2D eigenvalue weighted by molar-refractivity contribution is -0.140. The number of carbonyl (C=O) groups excluding carboxylic acids is 1. The third-order valence-electron chi connectivity index (χ3n) is 4.01. The van der Waals surface area contributed by atoms with E-state index < -0.39 is 33.6 Å². The molecule has 2 heterocycles. The van der Waals surface area contributed by atoms with Gasteiger partial charge in [-0.3, -0.25) is 19.1 Å². The van der Waals surface area contributed by atoms with Crippen molar-refractivity contribution in [3.05, 3.63) is 72.3 Å². The van der Waals surface area contributed by atoms with E-state index in [1.165, 1.54) is 29.1 Å². The van der Waals surface area contributed by atoms with Gasteiger partial charge in [0.15, 0.2) is 5.69 Å². The number of hydrogen-bond donors (Lipinski definition) is 1. The van der Waals surface area contributed by atoms with Crippen molar-refractivity contribution in [2.45, 2.75) is 13.1 Å². The minimum absolute atomic E-state index is 0.0881. The number of nitrogens with zero attached hydrogens (tertiary/aromatic N) is 3. The summed E-state index contributed by atoms with van der Waals surface area (Å²) >= 11 is 0. The molecule has 0 atom stereocenters. The number of sulfonamides is 1. The molecule has 0 aliphatic carbocycles. The molecule has 0 saturated carbocycles. The fourth-order valence-corrected chi connectivity index (χ4v) is 3.60. The maximum absolute atomic E-state index is 13.2. The summed E-state index contributed by atoms with van der Waals surface area (Å²) in [6.07, 6.45) is 2.12. The highest BCUT2D eigenvalue weighted by Gasteiger charge is 2.35. The molecular formula is C20H17F3N4O3S. The van der Waals surface area contributed by atoms with Gasteiger partial charge < -0.3 is 0 Å². The molecule has 0 radical (unpaired) electrons. The Bertz CT molecular complexity index is 1200. The molecule has 0 saturated heterocycles. The van der Waals surface area contributed by atoms with Crippen LogP contribution in [-0.2, 0) is 21.0 Å². The van der Waals surface area contributed by atoms with Gasteiger partial charge in [0, 0.05) is 36.8 Å². The van der Waals surface area contributed by atoms with Crippen LogP contribution >= 0.6 is 0 Å². The molecule has 1 N–H and O–H groups in total. The van der Waals surface area contributed by atoms with E-state index >= 15 is 0 Å². The monoisotopic (exact) mass is 450 g/mol. The smallest absolute Gasteiger partial charge is 0.299 e. The normalized spacial score (nSPS) is 12.3. The van der Waals surface area contributed by atoms with Crippen molar-refractivity contribution in [2.24, 2.45) is 0 Å². The number of benzene rings is 1. The Kier molecular flexibility index (Phi) is 6.25. The van der Waals surface area contributed by atoms with Gasteiger partial charge in [0.25, 0.3) is 0 Å². The average Bonchev–Trinajstić information content (AvgIpc) is 3.14. The Labute approximate surface area is 176 Å². The van der Waals surface area contributed by atoms with Crippen LogP contribution in [0.4, 0.5) is 13.2 Å². The van der Waals surface area contributed by atoms with Crippen molar-refractivity contribution < 1.29 is 26.4 Å². The number of hydrogen-bond acceptors (Lipinski definition) is 5. The minimum atomic E-state index is -4.61. The standard InChI is InChI=1S/C20H17F3N4O3S/c1-14(28)26-31(29,30)11-3-4-15-6-8-17(9-7-15)27-13-18(20(21,22)23)25-19(27)16-5-2-10-24-12-16/h2-10,12-13H,11H2,1H3,(H,26,28).